The SMILES string of the molecule is O=C(OCCCO)c1ccc2[nH]c(=O)[nH]c2c1. The van der Waals surface area contributed by atoms with Gasteiger partial charge in [-0.2, -0.15) is 0 Å². The summed E-state index contributed by atoms with van der Waals surface area (Å²) in [5.74, 6) is -0.470. The molecule has 0 aliphatic rings. The van der Waals surface area contributed by atoms with Gasteiger partial charge in [0, 0.05) is 13.0 Å². The Kier molecular flexibility index (Phi) is 3.24. The van der Waals surface area contributed by atoms with E-state index in [0.29, 0.717) is 23.0 Å². The molecule has 0 saturated heterocycles. The summed E-state index contributed by atoms with van der Waals surface area (Å²) in [7, 11) is 0. The van der Waals surface area contributed by atoms with E-state index in [0.717, 1.165) is 0 Å². The van der Waals surface area contributed by atoms with Gasteiger partial charge in [0.1, 0.15) is 0 Å². The normalized spacial score (nSPS) is 10.6. The standard InChI is InChI=1S/C11H12N2O4/c14-4-1-5-17-10(15)7-2-3-8-9(6-7)13-11(16)12-8/h2-3,6,14H,1,4-5H2,(H2,12,13,16). The maximum absolute atomic E-state index is 11.6. The highest BCUT2D eigenvalue weighted by atomic mass is 16.5. The topological polar surface area (TPSA) is 95.2 Å². The first-order chi connectivity index (χ1) is 8.20. The van der Waals surface area contributed by atoms with Crippen LogP contribution in [0.5, 0.6) is 0 Å². The van der Waals surface area contributed by atoms with Gasteiger partial charge >= 0.3 is 11.7 Å². The number of carbonyl (C=O) groups excluding carboxylic acids is 1. The molecule has 0 aliphatic carbocycles. The molecule has 1 aromatic carbocycles. The number of hydrogen-bond donors (Lipinski definition) is 3. The second kappa shape index (κ2) is 4.84. The predicted octanol–water partition coefficient (Wildman–Crippen LogP) is 0.395. The zero-order valence-electron chi connectivity index (χ0n) is 9.03. The van der Waals surface area contributed by atoms with E-state index in [4.69, 9.17) is 9.84 Å². The number of aliphatic hydroxyl groups is 1. The van der Waals surface area contributed by atoms with E-state index in [1.807, 2.05) is 0 Å². The first-order valence-electron chi connectivity index (χ1n) is 5.21. The fraction of sp³-hybridized carbons (Fsp3) is 0.273. The van der Waals surface area contributed by atoms with Crippen LogP contribution in [0.4, 0.5) is 0 Å². The molecule has 17 heavy (non-hydrogen) atoms. The molecular formula is C11H12N2O4. The third-order valence-corrected chi connectivity index (χ3v) is 2.29. The van der Waals surface area contributed by atoms with Gasteiger partial charge in [0.15, 0.2) is 0 Å². The van der Waals surface area contributed by atoms with Crippen LogP contribution in [0.2, 0.25) is 0 Å². The second-order valence-corrected chi connectivity index (χ2v) is 3.55. The Morgan fingerprint density at radius 1 is 1.29 bits per heavy atom. The number of benzene rings is 1. The Morgan fingerprint density at radius 2 is 2.06 bits per heavy atom. The van der Waals surface area contributed by atoms with Gasteiger partial charge in [-0.15, -0.1) is 0 Å². The number of aromatic amines is 2. The number of hydrogen-bond acceptors (Lipinski definition) is 4. The minimum Gasteiger partial charge on any atom is -0.462 e. The van der Waals surface area contributed by atoms with Crippen molar-refractivity contribution in [1.82, 2.24) is 9.97 Å². The van der Waals surface area contributed by atoms with Gasteiger partial charge in [-0.25, -0.2) is 9.59 Å². The number of aromatic nitrogens is 2. The highest BCUT2D eigenvalue weighted by Gasteiger charge is 2.08. The van der Waals surface area contributed by atoms with E-state index in [1.165, 1.54) is 0 Å². The number of imidazole rings is 1. The fourth-order valence-electron chi connectivity index (χ4n) is 1.47. The van der Waals surface area contributed by atoms with E-state index in [-0.39, 0.29) is 18.9 Å². The molecule has 0 atom stereocenters. The number of carbonyl (C=O) groups is 1. The van der Waals surface area contributed by atoms with E-state index >= 15 is 0 Å². The van der Waals surface area contributed by atoms with Crippen LogP contribution >= 0.6 is 0 Å². The third-order valence-electron chi connectivity index (χ3n) is 2.29. The summed E-state index contributed by atoms with van der Waals surface area (Å²) in [6, 6.07) is 4.76. The summed E-state index contributed by atoms with van der Waals surface area (Å²) in [6.07, 6.45) is 0.412. The van der Waals surface area contributed by atoms with Gasteiger partial charge in [-0.05, 0) is 18.2 Å². The lowest BCUT2D eigenvalue weighted by molar-refractivity contribution is 0.0482. The van der Waals surface area contributed by atoms with Gasteiger partial charge < -0.3 is 19.8 Å². The quantitative estimate of drug-likeness (QED) is 0.528. The summed E-state index contributed by atoms with van der Waals surface area (Å²) in [4.78, 5) is 27.7. The largest absolute Gasteiger partial charge is 0.462 e. The first kappa shape index (κ1) is 11.4. The Bertz CT molecular complexity index is 584. The number of nitrogens with one attached hydrogen (secondary N) is 2. The Morgan fingerprint density at radius 3 is 2.82 bits per heavy atom. The van der Waals surface area contributed by atoms with Crippen LogP contribution in [0.3, 0.4) is 0 Å². The molecule has 0 fully saturated rings. The van der Waals surface area contributed by atoms with Crippen LogP contribution in [-0.4, -0.2) is 34.3 Å². The minimum absolute atomic E-state index is 0.0164. The Hall–Kier alpha value is -2.08. The second-order valence-electron chi connectivity index (χ2n) is 3.55. The van der Waals surface area contributed by atoms with Crippen LogP contribution in [0.25, 0.3) is 11.0 Å². The average molecular weight is 236 g/mol. The van der Waals surface area contributed by atoms with Crippen molar-refractivity contribution in [3.8, 4) is 0 Å². The lowest BCUT2D eigenvalue weighted by Gasteiger charge is -2.03. The number of ether oxygens (including phenoxy) is 1. The Labute approximate surface area is 96.2 Å². The maximum Gasteiger partial charge on any atom is 0.338 e. The summed E-state index contributed by atoms with van der Waals surface area (Å²) < 4.78 is 4.92. The summed E-state index contributed by atoms with van der Waals surface area (Å²) in [5.41, 5.74) is 1.25. The number of fused-ring (bicyclic) bond motifs is 1. The van der Waals surface area contributed by atoms with Crippen molar-refractivity contribution in [2.75, 3.05) is 13.2 Å². The zero-order chi connectivity index (χ0) is 12.3. The molecule has 0 bridgehead atoms. The molecule has 1 aromatic heterocycles. The van der Waals surface area contributed by atoms with Gasteiger partial charge in [-0.3, -0.25) is 0 Å². The molecule has 0 saturated carbocycles. The number of esters is 1. The van der Waals surface area contributed by atoms with Crippen molar-refractivity contribution in [1.29, 1.82) is 0 Å². The molecule has 0 unspecified atom stereocenters. The molecule has 90 valence electrons. The molecule has 0 spiro atoms. The third kappa shape index (κ3) is 2.54. The summed E-state index contributed by atoms with van der Waals surface area (Å²) in [6.45, 7) is 0.161. The number of rotatable bonds is 4. The number of H-pyrrole nitrogens is 2. The van der Waals surface area contributed by atoms with Crippen molar-refractivity contribution in [2.24, 2.45) is 0 Å². The highest BCUT2D eigenvalue weighted by molar-refractivity contribution is 5.93. The molecule has 0 aliphatic heterocycles. The molecular weight excluding hydrogens is 224 g/mol. The van der Waals surface area contributed by atoms with Crippen LogP contribution < -0.4 is 5.69 Å². The lowest BCUT2D eigenvalue weighted by atomic mass is 10.2. The Balaban J connectivity index is 2.17. The van der Waals surface area contributed by atoms with E-state index in [2.05, 4.69) is 9.97 Å². The molecule has 1 heterocycles. The molecule has 0 radical (unpaired) electrons. The number of aliphatic hydroxyl groups excluding tert-OH is 1. The molecule has 2 aromatic rings. The summed E-state index contributed by atoms with van der Waals surface area (Å²) >= 11 is 0. The van der Waals surface area contributed by atoms with Crippen molar-refractivity contribution >= 4 is 17.0 Å². The maximum atomic E-state index is 11.6. The lowest BCUT2D eigenvalue weighted by Crippen LogP contribution is -2.07. The van der Waals surface area contributed by atoms with Crippen molar-refractivity contribution in [3.63, 3.8) is 0 Å². The molecule has 6 heteroatoms. The van der Waals surface area contributed by atoms with Gasteiger partial charge in [-0.1, -0.05) is 0 Å². The fourth-order valence-corrected chi connectivity index (χ4v) is 1.47. The predicted molar refractivity (Wildman–Crippen MR) is 60.9 cm³/mol. The summed E-state index contributed by atoms with van der Waals surface area (Å²) in [5, 5.41) is 8.56. The van der Waals surface area contributed by atoms with E-state index in [9.17, 15) is 9.59 Å². The van der Waals surface area contributed by atoms with E-state index in [1.54, 1.807) is 18.2 Å². The van der Waals surface area contributed by atoms with E-state index < -0.39 is 5.97 Å². The molecule has 0 amide bonds. The van der Waals surface area contributed by atoms with Crippen molar-refractivity contribution < 1.29 is 14.6 Å². The van der Waals surface area contributed by atoms with Crippen LogP contribution in [0.15, 0.2) is 23.0 Å². The minimum atomic E-state index is -0.470. The monoisotopic (exact) mass is 236 g/mol. The van der Waals surface area contributed by atoms with Gasteiger partial charge in [0.25, 0.3) is 0 Å². The molecule has 2 rings (SSSR count). The van der Waals surface area contributed by atoms with Crippen LogP contribution in [-0.2, 0) is 4.74 Å². The van der Waals surface area contributed by atoms with Crippen molar-refractivity contribution in [2.45, 2.75) is 6.42 Å². The molecule has 3 N–H and O–H groups in total. The first-order valence-corrected chi connectivity index (χ1v) is 5.21. The van der Waals surface area contributed by atoms with Crippen LogP contribution in [0.1, 0.15) is 16.8 Å². The average Bonchev–Trinajstić information content (AvgIpc) is 2.68. The van der Waals surface area contributed by atoms with Crippen molar-refractivity contribution in [3.05, 3.63) is 34.2 Å². The van der Waals surface area contributed by atoms with Gasteiger partial charge in [0.05, 0.1) is 23.2 Å². The molecule has 6 nitrogen and oxygen atoms in total. The van der Waals surface area contributed by atoms with Gasteiger partial charge in [0.2, 0.25) is 0 Å². The smallest absolute Gasteiger partial charge is 0.338 e. The zero-order valence-corrected chi connectivity index (χ0v) is 9.03. The highest BCUT2D eigenvalue weighted by Crippen LogP contribution is 2.11. The van der Waals surface area contributed by atoms with Crippen LogP contribution in [0, 0.1) is 0 Å².